The van der Waals surface area contributed by atoms with Gasteiger partial charge in [0.05, 0.1) is 23.8 Å². The molecule has 0 N–H and O–H groups in total. The standard InChI is InChI=1S/C19H19F2N3O2S2/c1-4-8-24-17(14-7-9-26-12(14)2)22-23-19(24)27-11-13-5-6-16(28-18(20)21)15(10-13)25-3/h4-7,9-10,18H,1,8,11H2,2-3H3. The van der Waals surface area contributed by atoms with Gasteiger partial charge in [0.15, 0.2) is 11.0 Å². The predicted molar refractivity (Wildman–Crippen MR) is 107 cm³/mol. The average Bonchev–Trinajstić information content (AvgIpc) is 3.26. The van der Waals surface area contributed by atoms with E-state index in [1.54, 1.807) is 24.5 Å². The Morgan fingerprint density at radius 1 is 1.32 bits per heavy atom. The van der Waals surface area contributed by atoms with E-state index < -0.39 is 5.76 Å². The van der Waals surface area contributed by atoms with Crippen LogP contribution in [-0.4, -0.2) is 27.6 Å². The number of aryl methyl sites for hydroxylation is 1. The van der Waals surface area contributed by atoms with Crippen molar-refractivity contribution in [3.8, 4) is 17.1 Å². The summed E-state index contributed by atoms with van der Waals surface area (Å²) in [6.07, 6.45) is 3.40. The van der Waals surface area contributed by atoms with E-state index in [0.29, 0.717) is 34.7 Å². The van der Waals surface area contributed by atoms with Crippen LogP contribution in [0.1, 0.15) is 11.3 Å². The second-order valence-electron chi connectivity index (χ2n) is 5.75. The van der Waals surface area contributed by atoms with Crippen LogP contribution in [0.4, 0.5) is 8.78 Å². The number of alkyl halides is 2. The number of allylic oxidation sites excluding steroid dienone is 1. The maximum Gasteiger partial charge on any atom is 0.289 e. The Kier molecular flexibility index (Phi) is 6.79. The molecule has 2 heterocycles. The van der Waals surface area contributed by atoms with Crippen LogP contribution < -0.4 is 4.74 Å². The van der Waals surface area contributed by atoms with E-state index in [9.17, 15) is 8.78 Å². The van der Waals surface area contributed by atoms with Crippen molar-refractivity contribution in [1.82, 2.24) is 14.8 Å². The molecule has 148 valence electrons. The monoisotopic (exact) mass is 423 g/mol. The van der Waals surface area contributed by atoms with Crippen molar-refractivity contribution in [2.45, 2.75) is 35.0 Å². The molecule has 9 heteroatoms. The summed E-state index contributed by atoms with van der Waals surface area (Å²) in [5, 5.41) is 9.34. The van der Waals surface area contributed by atoms with Crippen molar-refractivity contribution < 1.29 is 17.9 Å². The first-order valence-electron chi connectivity index (χ1n) is 8.36. The molecule has 0 bridgehead atoms. The zero-order valence-electron chi connectivity index (χ0n) is 15.4. The minimum Gasteiger partial charge on any atom is -0.496 e. The summed E-state index contributed by atoms with van der Waals surface area (Å²) < 4.78 is 37.9. The lowest BCUT2D eigenvalue weighted by Crippen LogP contribution is -2.01. The summed E-state index contributed by atoms with van der Waals surface area (Å²) in [5.41, 5.74) is 1.82. The summed E-state index contributed by atoms with van der Waals surface area (Å²) in [7, 11) is 1.47. The molecule has 0 aliphatic carbocycles. The highest BCUT2D eigenvalue weighted by molar-refractivity contribution is 7.99. The lowest BCUT2D eigenvalue weighted by atomic mass is 10.2. The van der Waals surface area contributed by atoms with Crippen molar-refractivity contribution in [3.63, 3.8) is 0 Å². The van der Waals surface area contributed by atoms with Gasteiger partial charge in [0, 0.05) is 12.3 Å². The summed E-state index contributed by atoms with van der Waals surface area (Å²) >= 11 is 1.98. The summed E-state index contributed by atoms with van der Waals surface area (Å²) in [4.78, 5) is 0.416. The Morgan fingerprint density at radius 3 is 2.79 bits per heavy atom. The number of thioether (sulfide) groups is 2. The van der Waals surface area contributed by atoms with Crippen LogP contribution in [0, 0.1) is 6.92 Å². The van der Waals surface area contributed by atoms with Crippen molar-refractivity contribution in [2.24, 2.45) is 0 Å². The number of benzene rings is 1. The lowest BCUT2D eigenvalue weighted by Gasteiger charge is -2.10. The molecule has 0 spiro atoms. The Bertz CT molecular complexity index is 957. The molecule has 0 aliphatic rings. The normalized spacial score (nSPS) is 11.2. The number of methoxy groups -OCH3 is 1. The Labute approximate surface area is 170 Å². The molecule has 3 rings (SSSR count). The third-order valence-electron chi connectivity index (χ3n) is 3.94. The van der Waals surface area contributed by atoms with E-state index in [1.165, 1.54) is 18.9 Å². The van der Waals surface area contributed by atoms with Gasteiger partial charge in [-0.15, -0.1) is 16.8 Å². The first-order valence-corrected chi connectivity index (χ1v) is 10.2. The molecule has 3 aromatic rings. The Morgan fingerprint density at radius 2 is 2.14 bits per heavy atom. The van der Waals surface area contributed by atoms with Gasteiger partial charge in [-0.05, 0) is 30.7 Å². The second kappa shape index (κ2) is 9.29. The van der Waals surface area contributed by atoms with Crippen LogP contribution >= 0.6 is 23.5 Å². The number of aromatic nitrogens is 3. The number of nitrogens with zero attached hydrogens (tertiary/aromatic N) is 3. The van der Waals surface area contributed by atoms with E-state index in [1.807, 2.05) is 23.6 Å². The number of hydrogen-bond acceptors (Lipinski definition) is 6. The smallest absolute Gasteiger partial charge is 0.289 e. The van der Waals surface area contributed by atoms with Crippen LogP contribution in [0.5, 0.6) is 5.75 Å². The fraction of sp³-hybridized carbons (Fsp3) is 0.263. The molecule has 2 aromatic heterocycles. The highest BCUT2D eigenvalue weighted by atomic mass is 32.2. The highest BCUT2D eigenvalue weighted by Crippen LogP contribution is 2.35. The molecule has 0 saturated carbocycles. The van der Waals surface area contributed by atoms with Gasteiger partial charge < -0.3 is 9.15 Å². The molecule has 5 nitrogen and oxygen atoms in total. The number of ether oxygens (including phenoxy) is 1. The lowest BCUT2D eigenvalue weighted by molar-refractivity contribution is 0.251. The predicted octanol–water partition coefficient (Wildman–Crippen LogP) is 5.65. The summed E-state index contributed by atoms with van der Waals surface area (Å²) in [6, 6.07) is 7.10. The summed E-state index contributed by atoms with van der Waals surface area (Å²) in [5.74, 6) is 0.0263. The SMILES string of the molecule is C=CCn1c(SCc2ccc(SC(F)F)c(OC)c2)nnc1-c1ccoc1C. The van der Waals surface area contributed by atoms with Crippen LogP contribution in [0.15, 0.2) is 57.7 Å². The largest absolute Gasteiger partial charge is 0.496 e. The second-order valence-corrected chi connectivity index (χ2v) is 7.72. The molecule has 0 saturated heterocycles. The van der Waals surface area contributed by atoms with E-state index in [0.717, 1.165) is 27.9 Å². The molecule has 0 unspecified atom stereocenters. The zero-order chi connectivity index (χ0) is 20.1. The van der Waals surface area contributed by atoms with Gasteiger partial charge in [0.25, 0.3) is 5.76 Å². The number of furan rings is 1. The Hall–Kier alpha value is -2.26. The van der Waals surface area contributed by atoms with Crippen molar-refractivity contribution in [2.75, 3.05) is 7.11 Å². The van der Waals surface area contributed by atoms with Crippen LogP contribution in [0.3, 0.4) is 0 Å². The third-order valence-corrected chi connectivity index (χ3v) is 5.75. The van der Waals surface area contributed by atoms with E-state index in [2.05, 4.69) is 16.8 Å². The van der Waals surface area contributed by atoms with Gasteiger partial charge in [-0.1, -0.05) is 35.7 Å². The quantitative estimate of drug-likeness (QED) is 0.328. The van der Waals surface area contributed by atoms with Gasteiger partial charge in [-0.2, -0.15) is 8.78 Å². The maximum atomic E-state index is 12.6. The highest BCUT2D eigenvalue weighted by Gasteiger charge is 2.17. The number of rotatable bonds is 9. The average molecular weight is 424 g/mol. The molecule has 0 aliphatic heterocycles. The first kappa shape index (κ1) is 20.5. The molecule has 1 aromatic carbocycles. The molecule has 0 atom stereocenters. The first-order chi connectivity index (χ1) is 13.5. The van der Waals surface area contributed by atoms with E-state index in [-0.39, 0.29) is 0 Å². The van der Waals surface area contributed by atoms with Gasteiger partial charge in [0.1, 0.15) is 11.5 Å². The van der Waals surface area contributed by atoms with Crippen molar-refractivity contribution >= 4 is 23.5 Å². The van der Waals surface area contributed by atoms with Gasteiger partial charge in [-0.25, -0.2) is 0 Å². The van der Waals surface area contributed by atoms with E-state index >= 15 is 0 Å². The molecule has 0 fully saturated rings. The van der Waals surface area contributed by atoms with Gasteiger partial charge in [-0.3, -0.25) is 4.57 Å². The Balaban J connectivity index is 1.80. The van der Waals surface area contributed by atoms with Crippen molar-refractivity contribution in [1.29, 1.82) is 0 Å². The minimum atomic E-state index is -2.49. The third kappa shape index (κ3) is 4.59. The summed E-state index contributed by atoms with van der Waals surface area (Å²) in [6.45, 7) is 6.24. The van der Waals surface area contributed by atoms with Gasteiger partial charge >= 0.3 is 0 Å². The molecular formula is C19H19F2N3O2S2. The van der Waals surface area contributed by atoms with Crippen molar-refractivity contribution in [3.05, 3.63) is 54.5 Å². The zero-order valence-corrected chi connectivity index (χ0v) is 17.0. The molecule has 0 radical (unpaired) electrons. The maximum absolute atomic E-state index is 12.6. The van der Waals surface area contributed by atoms with Gasteiger partial charge in [0.2, 0.25) is 0 Å². The van der Waals surface area contributed by atoms with Crippen LogP contribution in [0.25, 0.3) is 11.4 Å². The van der Waals surface area contributed by atoms with Crippen LogP contribution in [-0.2, 0) is 12.3 Å². The minimum absolute atomic E-state index is 0.416. The number of hydrogen-bond donors (Lipinski definition) is 0. The van der Waals surface area contributed by atoms with Crippen LogP contribution in [0.2, 0.25) is 0 Å². The number of halogens is 2. The molecular weight excluding hydrogens is 404 g/mol. The molecule has 0 amide bonds. The van der Waals surface area contributed by atoms with E-state index in [4.69, 9.17) is 9.15 Å². The molecule has 28 heavy (non-hydrogen) atoms. The fourth-order valence-electron chi connectivity index (χ4n) is 2.65. The topological polar surface area (TPSA) is 53.1 Å². The fourth-order valence-corrected chi connectivity index (χ4v) is 4.14.